The SMILES string of the molecule is O=C1Nc2ccccc2CC[C@H]1Sc1nnnn1[C@@H]1C[C@@H]2C=C[C@H]1C2. The molecule has 2 bridgehead atoms. The van der Waals surface area contributed by atoms with Crippen molar-refractivity contribution < 1.29 is 4.79 Å². The van der Waals surface area contributed by atoms with Crippen LogP contribution in [0.1, 0.15) is 30.9 Å². The van der Waals surface area contributed by atoms with Crippen LogP contribution in [0.4, 0.5) is 5.69 Å². The minimum Gasteiger partial charge on any atom is -0.325 e. The maximum absolute atomic E-state index is 12.6. The molecule has 25 heavy (non-hydrogen) atoms. The zero-order valence-corrected chi connectivity index (χ0v) is 14.5. The van der Waals surface area contributed by atoms with Crippen molar-refractivity contribution in [2.24, 2.45) is 11.8 Å². The molecule has 2 aliphatic carbocycles. The number of carbonyl (C=O) groups is 1. The predicted molar refractivity (Wildman–Crippen MR) is 95.2 cm³/mol. The molecule has 1 aromatic heterocycles. The van der Waals surface area contributed by atoms with Crippen LogP contribution in [0, 0.1) is 11.8 Å². The number of carbonyl (C=O) groups excluding carboxylic acids is 1. The van der Waals surface area contributed by atoms with Crippen molar-refractivity contribution in [3.63, 3.8) is 0 Å². The lowest BCUT2D eigenvalue weighted by atomic mass is 10.0. The molecule has 0 unspecified atom stereocenters. The summed E-state index contributed by atoms with van der Waals surface area (Å²) in [6.07, 6.45) is 8.58. The number of para-hydroxylation sites is 1. The van der Waals surface area contributed by atoms with Gasteiger partial charge in [0.2, 0.25) is 11.1 Å². The summed E-state index contributed by atoms with van der Waals surface area (Å²) in [7, 11) is 0. The van der Waals surface area contributed by atoms with E-state index in [0.717, 1.165) is 30.1 Å². The number of allylic oxidation sites excluding steroid dienone is 2. The van der Waals surface area contributed by atoms with Crippen molar-refractivity contribution in [3.8, 4) is 0 Å². The van der Waals surface area contributed by atoms with Gasteiger partial charge in [0.25, 0.3) is 0 Å². The van der Waals surface area contributed by atoms with E-state index in [4.69, 9.17) is 0 Å². The van der Waals surface area contributed by atoms with Crippen LogP contribution in [0.3, 0.4) is 0 Å². The van der Waals surface area contributed by atoms with Crippen molar-refractivity contribution in [2.75, 3.05) is 5.32 Å². The van der Waals surface area contributed by atoms with E-state index in [0.29, 0.717) is 17.9 Å². The lowest BCUT2D eigenvalue weighted by Crippen LogP contribution is -2.25. The maximum Gasteiger partial charge on any atom is 0.237 e. The Bertz CT molecular complexity index is 847. The summed E-state index contributed by atoms with van der Waals surface area (Å²) < 4.78 is 1.95. The second-order valence-corrected chi connectivity index (χ2v) is 8.22. The van der Waals surface area contributed by atoms with Gasteiger partial charge in [-0.25, -0.2) is 4.68 Å². The number of aryl methyl sites for hydroxylation is 1. The molecule has 1 fully saturated rings. The predicted octanol–water partition coefficient (Wildman–Crippen LogP) is 2.86. The number of thioether (sulfide) groups is 1. The van der Waals surface area contributed by atoms with E-state index in [2.05, 4.69) is 39.1 Å². The van der Waals surface area contributed by atoms with Crippen LogP contribution in [0.15, 0.2) is 41.6 Å². The average Bonchev–Trinajstić information content (AvgIpc) is 3.33. The van der Waals surface area contributed by atoms with Crippen molar-refractivity contribution in [1.82, 2.24) is 20.2 Å². The Balaban J connectivity index is 1.36. The van der Waals surface area contributed by atoms with E-state index in [1.807, 2.05) is 22.9 Å². The van der Waals surface area contributed by atoms with Crippen molar-refractivity contribution in [1.29, 1.82) is 0 Å². The molecule has 6 nitrogen and oxygen atoms in total. The first-order chi connectivity index (χ1) is 12.3. The van der Waals surface area contributed by atoms with E-state index >= 15 is 0 Å². The largest absolute Gasteiger partial charge is 0.325 e. The van der Waals surface area contributed by atoms with E-state index in [-0.39, 0.29) is 11.2 Å². The summed E-state index contributed by atoms with van der Waals surface area (Å²) in [6.45, 7) is 0. The molecule has 2 heterocycles. The normalized spacial score (nSPS) is 30.2. The molecule has 1 saturated carbocycles. The Labute approximate surface area is 150 Å². The topological polar surface area (TPSA) is 72.7 Å². The molecule has 3 aliphatic rings. The maximum atomic E-state index is 12.6. The van der Waals surface area contributed by atoms with Crippen molar-refractivity contribution in [3.05, 3.63) is 42.0 Å². The summed E-state index contributed by atoms with van der Waals surface area (Å²) in [6, 6.07) is 8.34. The molecular formula is C18H19N5OS. The quantitative estimate of drug-likeness (QED) is 0.859. The first-order valence-corrected chi connectivity index (χ1v) is 9.67. The number of nitrogens with one attached hydrogen (secondary N) is 1. The highest BCUT2D eigenvalue weighted by atomic mass is 32.2. The minimum absolute atomic E-state index is 0.0392. The second-order valence-electron chi connectivity index (χ2n) is 7.05. The molecule has 128 valence electrons. The van der Waals surface area contributed by atoms with Crippen LogP contribution in [0.2, 0.25) is 0 Å². The molecule has 0 radical (unpaired) electrons. The standard InChI is InChI=1S/C18H19N5OS/c24-17-16(8-7-12-3-1-2-4-14(12)19-17)25-18-20-21-22-23(18)15-10-11-5-6-13(15)9-11/h1-6,11,13,15-16H,7-10H2,(H,19,24)/t11-,13+,15-,16-/m1/s1. The van der Waals surface area contributed by atoms with E-state index in [1.165, 1.54) is 23.7 Å². The molecule has 1 N–H and O–H groups in total. The zero-order chi connectivity index (χ0) is 16.8. The summed E-state index contributed by atoms with van der Waals surface area (Å²) in [5.74, 6) is 1.23. The smallest absolute Gasteiger partial charge is 0.237 e. The highest BCUT2D eigenvalue weighted by Gasteiger charge is 2.39. The first kappa shape index (κ1) is 15.1. The Morgan fingerprint density at radius 1 is 1.20 bits per heavy atom. The highest BCUT2D eigenvalue weighted by Crippen LogP contribution is 2.47. The van der Waals surface area contributed by atoms with Gasteiger partial charge >= 0.3 is 0 Å². The number of benzene rings is 1. The van der Waals surface area contributed by atoms with Gasteiger partial charge < -0.3 is 5.32 Å². The molecule has 1 aliphatic heterocycles. The fourth-order valence-corrected chi connectivity index (χ4v) is 5.25. The van der Waals surface area contributed by atoms with E-state index in [1.54, 1.807) is 0 Å². The molecular weight excluding hydrogens is 334 g/mol. The van der Waals surface area contributed by atoms with Gasteiger partial charge in [0.05, 0.1) is 11.3 Å². The van der Waals surface area contributed by atoms with Crippen LogP contribution < -0.4 is 5.32 Å². The van der Waals surface area contributed by atoms with Gasteiger partial charge in [-0.1, -0.05) is 42.1 Å². The number of amides is 1. The molecule has 5 rings (SSSR count). The van der Waals surface area contributed by atoms with Crippen molar-refractivity contribution in [2.45, 2.75) is 42.1 Å². The summed E-state index contributed by atoms with van der Waals surface area (Å²) in [5, 5.41) is 16.0. The zero-order valence-electron chi connectivity index (χ0n) is 13.7. The molecule has 7 heteroatoms. The Hall–Kier alpha value is -2.15. The first-order valence-electron chi connectivity index (χ1n) is 8.79. The van der Waals surface area contributed by atoms with E-state index < -0.39 is 0 Å². The second kappa shape index (κ2) is 5.98. The Morgan fingerprint density at radius 3 is 2.96 bits per heavy atom. The summed E-state index contributed by atoms with van der Waals surface area (Å²) >= 11 is 1.49. The third-order valence-corrected chi connectivity index (χ3v) is 6.73. The van der Waals surface area contributed by atoms with E-state index in [9.17, 15) is 4.79 Å². The number of anilines is 1. The molecule has 4 atom stereocenters. The molecule has 0 saturated heterocycles. The summed E-state index contributed by atoms with van der Waals surface area (Å²) in [5.41, 5.74) is 2.12. The van der Waals surface area contributed by atoms with Gasteiger partial charge in [-0.05, 0) is 59.6 Å². The number of nitrogens with zero attached hydrogens (tertiary/aromatic N) is 4. The van der Waals surface area contributed by atoms with Gasteiger partial charge in [0, 0.05) is 5.69 Å². The minimum atomic E-state index is -0.175. The van der Waals surface area contributed by atoms with Gasteiger partial charge in [0.15, 0.2) is 0 Å². The average molecular weight is 353 g/mol. The summed E-state index contributed by atoms with van der Waals surface area (Å²) in [4.78, 5) is 12.6. The number of tetrazole rings is 1. The third-order valence-electron chi connectivity index (χ3n) is 5.51. The van der Waals surface area contributed by atoms with Gasteiger partial charge in [-0.3, -0.25) is 4.79 Å². The van der Waals surface area contributed by atoms with Crippen LogP contribution in [0.5, 0.6) is 0 Å². The number of hydrogen-bond donors (Lipinski definition) is 1. The Kier molecular flexibility index (Phi) is 3.62. The number of aromatic nitrogens is 4. The highest BCUT2D eigenvalue weighted by molar-refractivity contribution is 8.00. The van der Waals surface area contributed by atoms with Gasteiger partial charge in [-0.2, -0.15) is 0 Å². The Morgan fingerprint density at radius 2 is 2.12 bits per heavy atom. The van der Waals surface area contributed by atoms with Crippen LogP contribution >= 0.6 is 11.8 Å². The number of rotatable bonds is 3. The van der Waals surface area contributed by atoms with Crippen molar-refractivity contribution >= 4 is 23.4 Å². The lowest BCUT2D eigenvalue weighted by Gasteiger charge is -2.20. The van der Waals surface area contributed by atoms with Crippen LogP contribution in [0.25, 0.3) is 0 Å². The lowest BCUT2D eigenvalue weighted by molar-refractivity contribution is -0.115. The van der Waals surface area contributed by atoms with Crippen LogP contribution in [-0.4, -0.2) is 31.4 Å². The molecule has 0 spiro atoms. The molecule has 1 amide bonds. The number of hydrogen-bond acceptors (Lipinski definition) is 5. The fraction of sp³-hybridized carbons (Fsp3) is 0.444. The number of fused-ring (bicyclic) bond motifs is 3. The monoisotopic (exact) mass is 353 g/mol. The van der Waals surface area contributed by atoms with Gasteiger partial charge in [0.1, 0.15) is 0 Å². The molecule has 2 aromatic rings. The van der Waals surface area contributed by atoms with Gasteiger partial charge in [-0.15, -0.1) is 5.10 Å². The van der Waals surface area contributed by atoms with Crippen LogP contribution in [-0.2, 0) is 11.2 Å². The fourth-order valence-electron chi connectivity index (χ4n) is 4.23. The third kappa shape index (κ3) is 2.66. The molecule has 1 aromatic carbocycles.